The van der Waals surface area contributed by atoms with Gasteiger partial charge in [-0.25, -0.2) is 9.98 Å². The molecule has 7 heteroatoms. The molecule has 0 bridgehead atoms. The number of aliphatic imine (C=N–C) groups is 1. The lowest BCUT2D eigenvalue weighted by molar-refractivity contribution is 0.194. The van der Waals surface area contributed by atoms with Crippen molar-refractivity contribution >= 4 is 41.3 Å². The smallest absolute Gasteiger partial charge is 0.191 e. The number of rotatable bonds is 7. The summed E-state index contributed by atoms with van der Waals surface area (Å²) in [5.41, 5.74) is 1.11. The van der Waals surface area contributed by atoms with Gasteiger partial charge >= 0.3 is 0 Å². The Balaban J connectivity index is 0.00000312. The van der Waals surface area contributed by atoms with Gasteiger partial charge in [-0.05, 0) is 40.7 Å². The predicted molar refractivity (Wildman–Crippen MR) is 119 cm³/mol. The fourth-order valence-corrected chi connectivity index (χ4v) is 4.13. The molecule has 0 radical (unpaired) electrons. The van der Waals surface area contributed by atoms with Crippen LogP contribution < -0.4 is 10.6 Å². The summed E-state index contributed by atoms with van der Waals surface area (Å²) in [5, 5.41) is 7.92. The number of thiazole rings is 1. The maximum atomic E-state index is 4.71. The number of hydrogen-bond acceptors (Lipinski definition) is 4. The molecule has 1 heterocycles. The van der Waals surface area contributed by atoms with E-state index in [0.717, 1.165) is 42.3 Å². The molecule has 25 heavy (non-hydrogen) atoms. The molecule has 0 aromatic carbocycles. The van der Waals surface area contributed by atoms with Crippen molar-refractivity contribution in [2.24, 2.45) is 4.99 Å². The largest absolute Gasteiger partial charge is 0.357 e. The zero-order valence-electron chi connectivity index (χ0n) is 16.1. The summed E-state index contributed by atoms with van der Waals surface area (Å²) in [7, 11) is 2.26. The first-order chi connectivity index (χ1) is 11.6. The molecule has 1 aromatic heterocycles. The molecule has 2 rings (SSSR count). The van der Waals surface area contributed by atoms with Crippen molar-refractivity contribution in [1.29, 1.82) is 0 Å². The number of aromatic nitrogens is 1. The zero-order chi connectivity index (χ0) is 17.4. The minimum absolute atomic E-state index is 0. The lowest BCUT2D eigenvalue weighted by Crippen LogP contribution is -2.43. The van der Waals surface area contributed by atoms with Gasteiger partial charge in [-0.2, -0.15) is 0 Å². The van der Waals surface area contributed by atoms with E-state index < -0.39 is 0 Å². The molecule has 2 N–H and O–H groups in total. The summed E-state index contributed by atoms with van der Waals surface area (Å²) < 4.78 is 0. The molecular formula is C18H34IN5S. The van der Waals surface area contributed by atoms with E-state index in [-0.39, 0.29) is 24.0 Å². The predicted octanol–water partition coefficient (Wildman–Crippen LogP) is 3.70. The molecule has 1 fully saturated rings. The molecule has 0 saturated heterocycles. The van der Waals surface area contributed by atoms with E-state index in [1.807, 2.05) is 0 Å². The van der Waals surface area contributed by atoms with E-state index in [4.69, 9.17) is 4.99 Å². The van der Waals surface area contributed by atoms with E-state index in [2.05, 4.69) is 48.3 Å². The Labute approximate surface area is 174 Å². The number of guanidine groups is 1. The molecule has 1 saturated carbocycles. The summed E-state index contributed by atoms with van der Waals surface area (Å²) in [5.74, 6) is 0.903. The lowest BCUT2D eigenvalue weighted by Gasteiger charge is -2.31. The van der Waals surface area contributed by atoms with Crippen LogP contribution in [0.15, 0.2) is 4.99 Å². The standard InChI is InChI=1S/C18H33N5S.HI/c1-5-19-18(21-13-17-14(2)22-15(3)24-17)20-11-12-23(4)16-9-7-6-8-10-16;/h16H,5-13H2,1-4H3,(H2,19,20,21);1H. The summed E-state index contributed by atoms with van der Waals surface area (Å²) in [6.07, 6.45) is 6.90. The first kappa shape index (κ1) is 22.6. The molecule has 0 aliphatic heterocycles. The van der Waals surface area contributed by atoms with Crippen LogP contribution in [0.1, 0.15) is 54.6 Å². The van der Waals surface area contributed by atoms with E-state index in [9.17, 15) is 0 Å². The minimum atomic E-state index is 0. The van der Waals surface area contributed by atoms with Crippen molar-refractivity contribution in [3.8, 4) is 0 Å². The van der Waals surface area contributed by atoms with Gasteiger partial charge in [-0.15, -0.1) is 35.3 Å². The van der Waals surface area contributed by atoms with Crippen LogP contribution in [-0.2, 0) is 6.54 Å². The second kappa shape index (κ2) is 12.1. The quantitative estimate of drug-likeness (QED) is 0.356. The number of aryl methyl sites for hydroxylation is 2. The van der Waals surface area contributed by atoms with Crippen molar-refractivity contribution in [2.45, 2.75) is 65.5 Å². The van der Waals surface area contributed by atoms with Crippen LogP contribution in [0.3, 0.4) is 0 Å². The lowest BCUT2D eigenvalue weighted by atomic mass is 9.94. The van der Waals surface area contributed by atoms with Crippen molar-refractivity contribution in [3.05, 3.63) is 15.6 Å². The van der Waals surface area contributed by atoms with Gasteiger partial charge in [0.1, 0.15) is 0 Å². The maximum Gasteiger partial charge on any atom is 0.191 e. The third-order valence-electron chi connectivity index (χ3n) is 4.68. The van der Waals surface area contributed by atoms with Gasteiger partial charge in [0.15, 0.2) is 5.96 Å². The second-order valence-electron chi connectivity index (χ2n) is 6.64. The van der Waals surface area contributed by atoms with Gasteiger partial charge in [0.05, 0.1) is 17.2 Å². The van der Waals surface area contributed by atoms with E-state index >= 15 is 0 Å². The Morgan fingerprint density at radius 1 is 1.24 bits per heavy atom. The molecule has 0 amide bonds. The maximum absolute atomic E-state index is 4.71. The highest BCUT2D eigenvalue weighted by atomic mass is 127. The SMILES string of the molecule is CCNC(=NCc1sc(C)nc1C)NCCN(C)C1CCCCC1.I. The Morgan fingerprint density at radius 3 is 2.56 bits per heavy atom. The monoisotopic (exact) mass is 479 g/mol. The highest BCUT2D eigenvalue weighted by Crippen LogP contribution is 2.21. The normalized spacial score (nSPS) is 16.0. The van der Waals surface area contributed by atoms with Gasteiger partial charge in [0, 0.05) is 30.6 Å². The molecular weight excluding hydrogens is 445 g/mol. The van der Waals surface area contributed by atoms with Gasteiger partial charge in [0.2, 0.25) is 0 Å². The average molecular weight is 479 g/mol. The van der Waals surface area contributed by atoms with Crippen LogP contribution in [0, 0.1) is 13.8 Å². The van der Waals surface area contributed by atoms with E-state index in [1.165, 1.54) is 37.0 Å². The summed E-state index contributed by atoms with van der Waals surface area (Å²) >= 11 is 1.74. The number of nitrogens with one attached hydrogen (secondary N) is 2. The molecule has 1 aromatic rings. The highest BCUT2D eigenvalue weighted by Gasteiger charge is 2.17. The minimum Gasteiger partial charge on any atom is -0.357 e. The van der Waals surface area contributed by atoms with E-state index in [0.29, 0.717) is 6.54 Å². The topological polar surface area (TPSA) is 52.6 Å². The Bertz CT molecular complexity index is 526. The third kappa shape index (κ3) is 7.78. The Morgan fingerprint density at radius 2 is 1.96 bits per heavy atom. The van der Waals surface area contributed by atoms with Gasteiger partial charge in [0.25, 0.3) is 0 Å². The molecule has 5 nitrogen and oxygen atoms in total. The summed E-state index contributed by atoms with van der Waals surface area (Å²) in [4.78, 5) is 12.9. The number of nitrogens with zero attached hydrogens (tertiary/aromatic N) is 3. The number of likely N-dealkylation sites (N-methyl/N-ethyl adjacent to an activating group) is 1. The zero-order valence-corrected chi connectivity index (χ0v) is 19.2. The van der Waals surface area contributed by atoms with Crippen LogP contribution in [0.2, 0.25) is 0 Å². The molecule has 0 atom stereocenters. The van der Waals surface area contributed by atoms with Gasteiger partial charge in [-0.3, -0.25) is 0 Å². The van der Waals surface area contributed by atoms with Gasteiger partial charge in [-0.1, -0.05) is 19.3 Å². The molecule has 1 aliphatic rings. The van der Waals surface area contributed by atoms with Crippen LogP contribution >= 0.6 is 35.3 Å². The fraction of sp³-hybridized carbons (Fsp3) is 0.778. The average Bonchev–Trinajstić information content (AvgIpc) is 2.91. The third-order valence-corrected chi connectivity index (χ3v) is 5.74. The highest BCUT2D eigenvalue weighted by molar-refractivity contribution is 14.0. The fourth-order valence-electron chi connectivity index (χ4n) is 3.27. The van der Waals surface area contributed by atoms with E-state index in [1.54, 1.807) is 11.3 Å². The van der Waals surface area contributed by atoms with Crippen molar-refractivity contribution in [1.82, 2.24) is 20.5 Å². The molecule has 1 aliphatic carbocycles. The number of halogens is 1. The summed E-state index contributed by atoms with van der Waals surface area (Å²) in [6.45, 7) is 9.79. The first-order valence-electron chi connectivity index (χ1n) is 9.25. The van der Waals surface area contributed by atoms with Crippen LogP contribution in [0.5, 0.6) is 0 Å². The molecule has 0 unspecified atom stereocenters. The van der Waals surface area contributed by atoms with Gasteiger partial charge < -0.3 is 15.5 Å². The summed E-state index contributed by atoms with van der Waals surface area (Å²) in [6, 6.07) is 0.767. The van der Waals surface area contributed by atoms with Crippen molar-refractivity contribution in [2.75, 3.05) is 26.7 Å². The van der Waals surface area contributed by atoms with Crippen LogP contribution in [-0.4, -0.2) is 48.6 Å². The Kier molecular flexibility index (Phi) is 10.9. The van der Waals surface area contributed by atoms with Crippen molar-refractivity contribution in [3.63, 3.8) is 0 Å². The van der Waals surface area contributed by atoms with Crippen LogP contribution in [0.25, 0.3) is 0 Å². The molecule has 144 valence electrons. The number of hydrogen-bond donors (Lipinski definition) is 2. The first-order valence-corrected chi connectivity index (χ1v) is 10.1. The van der Waals surface area contributed by atoms with Crippen molar-refractivity contribution < 1.29 is 0 Å². The van der Waals surface area contributed by atoms with Crippen LogP contribution in [0.4, 0.5) is 0 Å². The Hall–Kier alpha value is -0.410. The molecule has 0 spiro atoms. The second-order valence-corrected chi connectivity index (χ2v) is 7.92.